The lowest BCUT2D eigenvalue weighted by Crippen LogP contribution is -2.13. The van der Waals surface area contributed by atoms with Crippen LogP contribution < -0.4 is 4.74 Å². The van der Waals surface area contributed by atoms with Crippen molar-refractivity contribution in [3.8, 4) is 29.1 Å². The molecule has 24 heavy (non-hydrogen) atoms. The molecule has 5 heteroatoms. The van der Waals surface area contributed by atoms with Crippen LogP contribution >= 0.6 is 0 Å². The first-order chi connectivity index (χ1) is 11.9. The highest BCUT2D eigenvalue weighted by Gasteiger charge is 2.25. The van der Waals surface area contributed by atoms with E-state index in [1.54, 1.807) is 11.4 Å². The summed E-state index contributed by atoms with van der Waals surface area (Å²) in [5, 5.41) is 13.3. The van der Waals surface area contributed by atoms with Crippen LogP contribution in [0.3, 0.4) is 0 Å². The smallest absolute Gasteiger partial charge is 0.236 e. The highest BCUT2D eigenvalue weighted by atomic mass is 16.5. The predicted molar refractivity (Wildman–Crippen MR) is 91.8 cm³/mol. The largest absolute Gasteiger partial charge is 0.463 e. The van der Waals surface area contributed by atoms with Crippen molar-refractivity contribution in [2.24, 2.45) is 0 Å². The van der Waals surface area contributed by atoms with Crippen molar-refractivity contribution in [2.75, 3.05) is 6.61 Å². The zero-order valence-corrected chi connectivity index (χ0v) is 13.6. The van der Waals surface area contributed by atoms with E-state index in [0.29, 0.717) is 18.4 Å². The Kier molecular flexibility index (Phi) is 3.87. The molecule has 0 bridgehead atoms. The first-order valence-corrected chi connectivity index (χ1v) is 8.21. The molecule has 1 fully saturated rings. The van der Waals surface area contributed by atoms with E-state index in [1.165, 1.54) is 19.3 Å². The van der Waals surface area contributed by atoms with Gasteiger partial charge in [-0.15, -0.1) is 21.2 Å². The summed E-state index contributed by atoms with van der Waals surface area (Å²) in [5.41, 5.74) is 2.86. The molecule has 0 radical (unpaired) electrons. The lowest BCUT2D eigenvalue weighted by molar-refractivity contribution is 0.327. The molecule has 1 aromatic carbocycles. The zero-order chi connectivity index (χ0) is 16.4. The number of hydrogen-bond donors (Lipinski definition) is 0. The Labute approximate surface area is 140 Å². The van der Waals surface area contributed by atoms with Crippen molar-refractivity contribution in [1.29, 1.82) is 0 Å². The van der Waals surface area contributed by atoms with Gasteiger partial charge in [0, 0.05) is 11.1 Å². The van der Waals surface area contributed by atoms with Crippen LogP contribution in [0.15, 0.2) is 36.4 Å². The Bertz CT molecular complexity index is 917. The molecule has 4 rings (SSSR count). The van der Waals surface area contributed by atoms with Gasteiger partial charge in [0.15, 0.2) is 18.1 Å². The molecule has 0 amide bonds. The van der Waals surface area contributed by atoms with Crippen LogP contribution in [0.25, 0.3) is 17.0 Å². The molecular formula is C19H18N4O. The summed E-state index contributed by atoms with van der Waals surface area (Å²) in [4.78, 5) is 0. The number of fused-ring (bicyclic) bond motifs is 1. The second-order valence-corrected chi connectivity index (χ2v) is 5.91. The van der Waals surface area contributed by atoms with Gasteiger partial charge in [0.1, 0.15) is 0 Å². The first-order valence-electron chi connectivity index (χ1n) is 8.21. The third-order valence-corrected chi connectivity index (χ3v) is 4.42. The van der Waals surface area contributed by atoms with Crippen LogP contribution in [0.4, 0.5) is 0 Å². The van der Waals surface area contributed by atoms with E-state index >= 15 is 0 Å². The fourth-order valence-electron chi connectivity index (χ4n) is 2.90. The minimum Gasteiger partial charge on any atom is -0.463 e. The van der Waals surface area contributed by atoms with Crippen LogP contribution in [0, 0.1) is 11.8 Å². The van der Waals surface area contributed by atoms with Crippen molar-refractivity contribution >= 4 is 5.65 Å². The van der Waals surface area contributed by atoms with E-state index in [1.807, 2.05) is 30.3 Å². The van der Waals surface area contributed by atoms with E-state index < -0.39 is 0 Å². The van der Waals surface area contributed by atoms with Gasteiger partial charge in [0.25, 0.3) is 0 Å². The minimum atomic E-state index is 0.345. The van der Waals surface area contributed by atoms with Gasteiger partial charge in [-0.3, -0.25) is 0 Å². The quantitative estimate of drug-likeness (QED) is 0.691. The van der Waals surface area contributed by atoms with E-state index in [4.69, 9.17) is 4.74 Å². The highest BCUT2D eigenvalue weighted by Crippen LogP contribution is 2.40. The maximum atomic E-state index is 5.84. The normalized spacial score (nSPS) is 14.0. The Balaban J connectivity index is 1.81. The molecule has 1 saturated carbocycles. The molecule has 3 aromatic rings. The second-order valence-electron chi connectivity index (χ2n) is 5.91. The van der Waals surface area contributed by atoms with Gasteiger partial charge >= 0.3 is 0 Å². The van der Waals surface area contributed by atoms with Crippen LogP contribution in [0.5, 0.6) is 5.88 Å². The highest BCUT2D eigenvalue weighted by molar-refractivity contribution is 5.59. The van der Waals surface area contributed by atoms with E-state index in [9.17, 15) is 0 Å². The van der Waals surface area contributed by atoms with Crippen molar-refractivity contribution < 1.29 is 4.74 Å². The molecule has 0 unspecified atom stereocenters. The Morgan fingerprint density at radius 2 is 2.04 bits per heavy atom. The molecule has 0 spiro atoms. The summed E-state index contributed by atoms with van der Waals surface area (Å²) in [7, 11) is 0. The predicted octanol–water partition coefficient (Wildman–Crippen LogP) is 3.46. The van der Waals surface area contributed by atoms with Gasteiger partial charge in [-0.1, -0.05) is 42.7 Å². The summed E-state index contributed by atoms with van der Waals surface area (Å²) in [6.45, 7) is 2.15. The fraction of sp³-hybridized carbons (Fsp3) is 0.316. The summed E-state index contributed by atoms with van der Waals surface area (Å²) >= 11 is 0. The molecule has 0 N–H and O–H groups in total. The van der Waals surface area contributed by atoms with Gasteiger partial charge < -0.3 is 4.74 Å². The minimum absolute atomic E-state index is 0.345. The van der Waals surface area contributed by atoms with Crippen LogP contribution in [0.1, 0.15) is 37.7 Å². The molecule has 2 aromatic heterocycles. The average molecular weight is 318 g/mol. The summed E-state index contributed by atoms with van der Waals surface area (Å²) in [5.74, 6) is 7.65. The Morgan fingerprint density at radius 1 is 1.21 bits per heavy atom. The third kappa shape index (κ3) is 2.61. The molecule has 5 nitrogen and oxygen atoms in total. The number of rotatable bonds is 4. The van der Waals surface area contributed by atoms with Crippen molar-refractivity contribution in [3.05, 3.63) is 42.0 Å². The van der Waals surface area contributed by atoms with Gasteiger partial charge in [-0.05, 0) is 31.7 Å². The second kappa shape index (κ2) is 6.32. The zero-order valence-electron chi connectivity index (χ0n) is 13.6. The SMILES string of the molecule is CC#CCOc1nn2c(-c3ccccc3)nnc2cc1C1CCC1. The molecule has 0 saturated heterocycles. The van der Waals surface area contributed by atoms with Crippen LogP contribution in [0.2, 0.25) is 0 Å². The topological polar surface area (TPSA) is 52.3 Å². The van der Waals surface area contributed by atoms with Crippen molar-refractivity contribution in [2.45, 2.75) is 32.1 Å². The van der Waals surface area contributed by atoms with E-state index in [0.717, 1.165) is 22.6 Å². The van der Waals surface area contributed by atoms with Gasteiger partial charge in [-0.25, -0.2) is 0 Å². The maximum absolute atomic E-state index is 5.84. The van der Waals surface area contributed by atoms with Crippen LogP contribution in [-0.2, 0) is 0 Å². The summed E-state index contributed by atoms with van der Waals surface area (Å²) in [6, 6.07) is 12.0. The van der Waals surface area contributed by atoms with Gasteiger partial charge in [-0.2, -0.15) is 4.52 Å². The third-order valence-electron chi connectivity index (χ3n) is 4.42. The number of benzene rings is 1. The molecule has 0 atom stereocenters. The molecule has 1 aliphatic carbocycles. The first kappa shape index (κ1) is 14.7. The van der Waals surface area contributed by atoms with Crippen molar-refractivity contribution in [1.82, 2.24) is 19.8 Å². The van der Waals surface area contributed by atoms with E-state index in [-0.39, 0.29) is 0 Å². The summed E-state index contributed by atoms with van der Waals surface area (Å²) in [6.07, 6.45) is 3.60. The van der Waals surface area contributed by atoms with Crippen LogP contribution in [-0.4, -0.2) is 26.4 Å². The molecular weight excluding hydrogens is 300 g/mol. The van der Waals surface area contributed by atoms with Crippen molar-refractivity contribution in [3.63, 3.8) is 0 Å². The molecule has 2 heterocycles. The number of nitrogens with zero attached hydrogens (tertiary/aromatic N) is 4. The number of aromatic nitrogens is 4. The summed E-state index contributed by atoms with van der Waals surface area (Å²) < 4.78 is 7.60. The van der Waals surface area contributed by atoms with Gasteiger partial charge in [0.05, 0.1) is 0 Å². The fourth-order valence-corrected chi connectivity index (χ4v) is 2.90. The molecule has 120 valence electrons. The molecule has 0 aliphatic heterocycles. The Morgan fingerprint density at radius 3 is 2.75 bits per heavy atom. The maximum Gasteiger partial charge on any atom is 0.236 e. The number of hydrogen-bond acceptors (Lipinski definition) is 4. The number of ether oxygens (including phenoxy) is 1. The Hall–Kier alpha value is -2.87. The van der Waals surface area contributed by atoms with E-state index in [2.05, 4.69) is 33.2 Å². The monoisotopic (exact) mass is 318 g/mol. The standard InChI is InChI=1S/C19H18N4O/c1-2-3-12-24-19-16(14-10-7-11-14)13-17-20-21-18(23(17)22-19)15-8-5-4-6-9-15/h4-6,8-9,13-14H,7,10-12H2,1H3. The average Bonchev–Trinajstić information content (AvgIpc) is 2.97. The lowest BCUT2D eigenvalue weighted by atomic mass is 9.80. The van der Waals surface area contributed by atoms with Gasteiger partial charge in [0.2, 0.25) is 5.88 Å². The lowest BCUT2D eigenvalue weighted by Gasteiger charge is -2.26. The molecule has 1 aliphatic rings.